The molecule has 2 unspecified atom stereocenters. The maximum Gasteiger partial charge on any atom is 0.342 e. The van der Waals surface area contributed by atoms with Crippen molar-refractivity contribution >= 4 is 29.3 Å². The predicted octanol–water partition coefficient (Wildman–Crippen LogP) is 2.60. The van der Waals surface area contributed by atoms with E-state index in [0.717, 1.165) is 6.07 Å². The Morgan fingerprint density at radius 2 is 2.03 bits per heavy atom. The summed E-state index contributed by atoms with van der Waals surface area (Å²) < 4.78 is 9.87. The number of halogens is 1. The number of allylic oxidation sites excluding steroid dienone is 1. The number of aromatic hydroxyl groups is 2. The first-order valence-corrected chi connectivity index (χ1v) is 10.2. The number of cyclic esters (lactones) is 1. The Balaban J connectivity index is 2.30. The Bertz CT molecular complexity index is 854. The third kappa shape index (κ3) is 7.23. The molecule has 1 aliphatic rings. The highest BCUT2D eigenvalue weighted by atomic mass is 35.5. The van der Waals surface area contributed by atoms with Crippen LogP contribution in [-0.2, 0) is 30.3 Å². The minimum Gasteiger partial charge on any atom is -0.507 e. The number of hydrogen-bond donors (Lipinski definition) is 3. The van der Waals surface area contributed by atoms with E-state index in [2.05, 4.69) is 10.2 Å². The minimum atomic E-state index is -0.837. The topological polar surface area (TPSA) is 131 Å². The smallest absolute Gasteiger partial charge is 0.342 e. The fourth-order valence-electron chi connectivity index (χ4n) is 3.09. The van der Waals surface area contributed by atoms with Crippen molar-refractivity contribution in [1.82, 2.24) is 5.48 Å². The van der Waals surface area contributed by atoms with Crippen LogP contribution < -0.4 is 5.48 Å². The number of nitrogens with one attached hydrogen (secondary N) is 1. The molecule has 3 N–H and O–H groups in total. The highest BCUT2D eigenvalue weighted by molar-refractivity contribution is 6.33. The number of carbonyl (C=O) groups excluding carboxylic acids is 3. The summed E-state index contributed by atoms with van der Waals surface area (Å²) >= 11 is 6.15. The van der Waals surface area contributed by atoms with Crippen molar-refractivity contribution in [2.45, 2.75) is 51.2 Å². The molecule has 170 valence electrons. The van der Waals surface area contributed by atoms with E-state index in [1.807, 2.05) is 12.2 Å². The van der Waals surface area contributed by atoms with Crippen LogP contribution in [0, 0.1) is 0 Å². The van der Waals surface area contributed by atoms with Gasteiger partial charge in [-0.2, -0.15) is 5.48 Å². The molecule has 10 heteroatoms. The van der Waals surface area contributed by atoms with Gasteiger partial charge in [-0.15, -0.1) is 0 Å². The molecule has 2 rings (SSSR count). The van der Waals surface area contributed by atoms with Crippen LogP contribution >= 0.6 is 11.6 Å². The Labute approximate surface area is 184 Å². The number of hydroxylamine groups is 1. The molecule has 31 heavy (non-hydrogen) atoms. The zero-order valence-electron chi connectivity index (χ0n) is 17.4. The molecule has 1 aliphatic heterocycles. The second kappa shape index (κ2) is 11.7. The summed E-state index contributed by atoms with van der Waals surface area (Å²) in [6, 6.07) is 0.508. The lowest BCUT2D eigenvalue weighted by molar-refractivity contribution is -0.149. The number of ether oxygens (including phenoxy) is 2. The monoisotopic (exact) mass is 455 g/mol. The molecular weight excluding hydrogens is 430 g/mol. The van der Waals surface area contributed by atoms with Gasteiger partial charge in [0, 0.05) is 36.9 Å². The van der Waals surface area contributed by atoms with Crippen LogP contribution in [0.1, 0.15) is 48.5 Å². The van der Waals surface area contributed by atoms with Crippen molar-refractivity contribution in [2.75, 3.05) is 13.7 Å². The highest BCUT2D eigenvalue weighted by Crippen LogP contribution is 2.37. The number of carbonyl (C=O) groups is 3. The van der Waals surface area contributed by atoms with Gasteiger partial charge in [0.2, 0.25) is 0 Å². The van der Waals surface area contributed by atoms with E-state index in [1.165, 1.54) is 7.11 Å². The van der Waals surface area contributed by atoms with Crippen LogP contribution in [0.4, 0.5) is 0 Å². The molecule has 1 aromatic rings. The molecular formula is C21H26ClNO8. The molecule has 2 atom stereocenters. The zero-order valence-corrected chi connectivity index (χ0v) is 18.1. The summed E-state index contributed by atoms with van der Waals surface area (Å²) in [5, 5.41) is 20.0. The van der Waals surface area contributed by atoms with E-state index in [9.17, 15) is 24.6 Å². The van der Waals surface area contributed by atoms with Crippen molar-refractivity contribution in [1.29, 1.82) is 0 Å². The van der Waals surface area contributed by atoms with E-state index in [1.54, 1.807) is 6.92 Å². The number of Topliss-reactive ketones (excluding diaryl/α,β-unsaturated/α-hetero) is 1. The first-order chi connectivity index (χ1) is 14.7. The molecule has 1 aromatic carbocycles. The summed E-state index contributed by atoms with van der Waals surface area (Å²) in [5.41, 5.74) is 2.43. The average molecular weight is 456 g/mol. The van der Waals surface area contributed by atoms with Crippen molar-refractivity contribution in [3.05, 3.63) is 34.4 Å². The molecule has 0 spiro atoms. The van der Waals surface area contributed by atoms with Gasteiger partial charge in [-0.05, 0) is 19.8 Å². The van der Waals surface area contributed by atoms with Gasteiger partial charge in [0.1, 0.15) is 28.9 Å². The van der Waals surface area contributed by atoms with Crippen molar-refractivity contribution < 1.29 is 38.9 Å². The van der Waals surface area contributed by atoms with Crippen molar-refractivity contribution in [2.24, 2.45) is 0 Å². The van der Waals surface area contributed by atoms with E-state index >= 15 is 0 Å². The van der Waals surface area contributed by atoms with Crippen molar-refractivity contribution in [3.8, 4) is 11.5 Å². The minimum absolute atomic E-state index is 0.00729. The van der Waals surface area contributed by atoms with E-state index in [4.69, 9.17) is 21.2 Å². The second-order valence-corrected chi connectivity index (χ2v) is 7.56. The van der Waals surface area contributed by atoms with E-state index in [0.29, 0.717) is 19.3 Å². The summed E-state index contributed by atoms with van der Waals surface area (Å²) in [5.74, 6) is -2.71. The fourth-order valence-corrected chi connectivity index (χ4v) is 3.31. The Morgan fingerprint density at radius 1 is 1.29 bits per heavy atom. The first-order valence-electron chi connectivity index (χ1n) is 9.78. The Kier molecular flexibility index (Phi) is 9.29. The van der Waals surface area contributed by atoms with Crippen LogP contribution in [0.5, 0.6) is 11.5 Å². The molecule has 0 saturated heterocycles. The molecule has 0 amide bonds. The molecule has 0 saturated carbocycles. The van der Waals surface area contributed by atoms with Crippen LogP contribution in [0.2, 0.25) is 5.02 Å². The summed E-state index contributed by atoms with van der Waals surface area (Å²) in [7, 11) is 1.24. The summed E-state index contributed by atoms with van der Waals surface area (Å²) in [6.07, 6.45) is 4.54. The maximum absolute atomic E-state index is 12.7. The quantitative estimate of drug-likeness (QED) is 0.356. The number of phenolic OH excluding ortho intramolecular Hbond substituents is 2. The fraction of sp³-hybridized carbons (Fsp3) is 0.476. The van der Waals surface area contributed by atoms with E-state index in [-0.39, 0.29) is 41.4 Å². The third-order valence-electron chi connectivity index (χ3n) is 4.67. The first kappa shape index (κ1) is 24.6. The van der Waals surface area contributed by atoms with Gasteiger partial charge in [-0.1, -0.05) is 23.8 Å². The van der Waals surface area contributed by atoms with Gasteiger partial charge in [-0.3, -0.25) is 9.63 Å². The number of esters is 2. The molecule has 0 fully saturated rings. The van der Waals surface area contributed by atoms with Crippen LogP contribution in [0.3, 0.4) is 0 Å². The van der Waals surface area contributed by atoms with Gasteiger partial charge in [0.25, 0.3) is 0 Å². The number of methoxy groups -OCH3 is 1. The number of fused-ring (bicyclic) bond motifs is 1. The van der Waals surface area contributed by atoms with Gasteiger partial charge in [-0.25, -0.2) is 9.59 Å². The third-order valence-corrected chi connectivity index (χ3v) is 5.09. The zero-order chi connectivity index (χ0) is 23.0. The number of phenols is 2. The van der Waals surface area contributed by atoms with Crippen LogP contribution in [0.15, 0.2) is 18.2 Å². The van der Waals surface area contributed by atoms with Gasteiger partial charge < -0.3 is 19.7 Å². The lowest BCUT2D eigenvalue weighted by atomic mass is 9.96. The molecule has 1 heterocycles. The van der Waals surface area contributed by atoms with Crippen LogP contribution in [-0.4, -0.2) is 53.8 Å². The standard InChI is InChI=1S/C21H26ClNO8/c1-12-6-4-3-5-7-13(23-30-11-18(27)29-2)8-14(24)9-15-19(21(28)31-12)16(25)10-17(26)20(15)22/h3-4,10,12-13,23,25-26H,5-9,11H2,1-2H3/b4-3+. The lowest BCUT2D eigenvalue weighted by Gasteiger charge is -2.19. The molecule has 0 radical (unpaired) electrons. The number of hydrogen-bond acceptors (Lipinski definition) is 9. The van der Waals surface area contributed by atoms with Gasteiger partial charge >= 0.3 is 11.9 Å². The molecule has 0 aromatic heterocycles. The Morgan fingerprint density at radius 3 is 2.74 bits per heavy atom. The number of benzene rings is 1. The van der Waals surface area contributed by atoms with Crippen molar-refractivity contribution in [3.63, 3.8) is 0 Å². The normalized spacial score (nSPS) is 21.5. The van der Waals surface area contributed by atoms with Gasteiger partial charge in [0.15, 0.2) is 6.61 Å². The predicted molar refractivity (Wildman–Crippen MR) is 111 cm³/mol. The highest BCUT2D eigenvalue weighted by Gasteiger charge is 2.27. The molecule has 0 bridgehead atoms. The molecule has 0 aliphatic carbocycles. The Hall–Kier alpha value is -2.62. The number of ketones is 1. The van der Waals surface area contributed by atoms with Gasteiger partial charge in [0.05, 0.1) is 12.1 Å². The SMILES string of the molecule is COC(=O)CONC1CC/C=C/CC(C)OC(=O)c2c(O)cc(O)c(Cl)c2CC(=O)C1. The number of rotatable bonds is 4. The molecule has 9 nitrogen and oxygen atoms in total. The second-order valence-electron chi connectivity index (χ2n) is 7.18. The summed E-state index contributed by atoms with van der Waals surface area (Å²) in [6.45, 7) is 1.37. The lowest BCUT2D eigenvalue weighted by Crippen LogP contribution is -2.34. The largest absolute Gasteiger partial charge is 0.507 e. The van der Waals surface area contributed by atoms with Crippen LogP contribution in [0.25, 0.3) is 0 Å². The summed E-state index contributed by atoms with van der Waals surface area (Å²) in [4.78, 5) is 41.7. The van der Waals surface area contributed by atoms with E-state index < -0.39 is 35.6 Å². The maximum atomic E-state index is 12.7. The average Bonchev–Trinajstić information content (AvgIpc) is 2.70.